The van der Waals surface area contributed by atoms with Gasteiger partial charge in [-0.1, -0.05) is 15.9 Å². The van der Waals surface area contributed by atoms with E-state index in [9.17, 15) is 9.18 Å². The van der Waals surface area contributed by atoms with Gasteiger partial charge >= 0.3 is 0 Å². The van der Waals surface area contributed by atoms with Crippen LogP contribution in [0.3, 0.4) is 0 Å². The normalized spacial score (nSPS) is 10.4. The minimum absolute atomic E-state index is 0.187. The zero-order valence-corrected chi connectivity index (χ0v) is 13.5. The summed E-state index contributed by atoms with van der Waals surface area (Å²) in [6, 6.07) is 4.66. The van der Waals surface area contributed by atoms with Crippen molar-refractivity contribution < 1.29 is 13.9 Å². The van der Waals surface area contributed by atoms with Gasteiger partial charge in [0.1, 0.15) is 21.4 Å². The second kappa shape index (κ2) is 6.31. The molecule has 0 aliphatic carbocycles. The van der Waals surface area contributed by atoms with Gasteiger partial charge in [0, 0.05) is 16.6 Å². The maximum Gasteiger partial charge on any atom is 0.261 e. The van der Waals surface area contributed by atoms with Crippen molar-refractivity contribution in [3.05, 3.63) is 38.9 Å². The van der Waals surface area contributed by atoms with Gasteiger partial charge in [0.2, 0.25) is 0 Å². The topological polar surface area (TPSA) is 90.4 Å². The fourth-order valence-corrected chi connectivity index (χ4v) is 3.13. The molecule has 1 amide bonds. The highest BCUT2D eigenvalue weighted by atomic mass is 79.9. The smallest absolute Gasteiger partial charge is 0.261 e. The Morgan fingerprint density at radius 2 is 2.24 bits per heavy atom. The average molecular weight is 374 g/mol. The van der Waals surface area contributed by atoms with Crippen molar-refractivity contribution in [3.63, 3.8) is 0 Å². The summed E-state index contributed by atoms with van der Waals surface area (Å²) in [4.78, 5) is 11.5. The second-order valence-electron chi connectivity index (χ2n) is 4.16. The van der Waals surface area contributed by atoms with E-state index >= 15 is 0 Å². The molecule has 0 aliphatic rings. The standard InChI is InChI=1S/C13H13BrFN3O2S/c1-20-10-9(16)11(12(17)19)21-13(10)18-5-6-4-7(14)2-3-8(6)15/h2-4,18H,5,16H2,1H3,(H2,17,19). The summed E-state index contributed by atoms with van der Waals surface area (Å²) in [5, 5.41) is 3.54. The molecular weight excluding hydrogens is 361 g/mol. The number of carbonyl (C=O) groups is 1. The van der Waals surface area contributed by atoms with Crippen LogP contribution in [0.1, 0.15) is 15.2 Å². The molecule has 21 heavy (non-hydrogen) atoms. The minimum atomic E-state index is -0.627. The highest BCUT2D eigenvalue weighted by molar-refractivity contribution is 9.10. The van der Waals surface area contributed by atoms with Crippen LogP contribution in [0.15, 0.2) is 22.7 Å². The fraction of sp³-hybridized carbons (Fsp3) is 0.154. The van der Waals surface area contributed by atoms with E-state index < -0.39 is 5.91 Å². The number of halogens is 2. The number of hydrogen-bond acceptors (Lipinski definition) is 5. The number of carbonyl (C=O) groups excluding carboxylic acids is 1. The van der Waals surface area contributed by atoms with E-state index in [0.29, 0.717) is 16.3 Å². The van der Waals surface area contributed by atoms with Crippen molar-refractivity contribution in [1.29, 1.82) is 0 Å². The summed E-state index contributed by atoms with van der Waals surface area (Å²) in [6.45, 7) is 0.222. The molecule has 2 aromatic rings. The number of rotatable bonds is 5. The van der Waals surface area contributed by atoms with Crippen LogP contribution in [0.4, 0.5) is 15.1 Å². The largest absolute Gasteiger partial charge is 0.492 e. The number of primary amides is 1. The Morgan fingerprint density at radius 3 is 2.86 bits per heavy atom. The average Bonchev–Trinajstić information content (AvgIpc) is 2.76. The molecule has 0 unspecified atom stereocenters. The van der Waals surface area contributed by atoms with Crippen molar-refractivity contribution in [3.8, 4) is 5.75 Å². The Hall–Kier alpha value is -1.80. The third kappa shape index (κ3) is 3.27. The zero-order valence-electron chi connectivity index (χ0n) is 11.1. The van der Waals surface area contributed by atoms with E-state index in [0.717, 1.165) is 15.8 Å². The van der Waals surface area contributed by atoms with Gasteiger partial charge in [-0.3, -0.25) is 4.79 Å². The van der Waals surface area contributed by atoms with Gasteiger partial charge in [-0.05, 0) is 18.2 Å². The molecule has 0 fully saturated rings. The molecule has 1 heterocycles. The minimum Gasteiger partial charge on any atom is -0.492 e. The molecule has 1 aromatic carbocycles. The van der Waals surface area contributed by atoms with E-state index in [1.165, 1.54) is 13.2 Å². The van der Waals surface area contributed by atoms with E-state index in [1.54, 1.807) is 12.1 Å². The number of benzene rings is 1. The van der Waals surface area contributed by atoms with Crippen molar-refractivity contribution >= 4 is 43.9 Å². The van der Waals surface area contributed by atoms with E-state index in [-0.39, 0.29) is 22.9 Å². The highest BCUT2D eigenvalue weighted by Crippen LogP contribution is 2.42. The predicted octanol–water partition coefficient (Wildman–Crippen LogP) is 2.95. The van der Waals surface area contributed by atoms with Crippen molar-refractivity contribution in [2.75, 3.05) is 18.2 Å². The molecule has 112 valence electrons. The molecule has 0 radical (unpaired) electrons. The first-order chi connectivity index (χ1) is 9.93. The van der Waals surface area contributed by atoms with Gasteiger partial charge in [-0.2, -0.15) is 0 Å². The van der Waals surface area contributed by atoms with Gasteiger partial charge in [0.05, 0.1) is 7.11 Å². The van der Waals surface area contributed by atoms with Crippen molar-refractivity contribution in [2.45, 2.75) is 6.54 Å². The lowest BCUT2D eigenvalue weighted by molar-refractivity contribution is 0.100. The molecule has 0 bridgehead atoms. The molecule has 5 nitrogen and oxygen atoms in total. The van der Waals surface area contributed by atoms with Crippen molar-refractivity contribution in [1.82, 2.24) is 0 Å². The van der Waals surface area contributed by atoms with Crippen LogP contribution < -0.4 is 21.5 Å². The van der Waals surface area contributed by atoms with E-state index in [4.69, 9.17) is 16.2 Å². The first-order valence-corrected chi connectivity index (χ1v) is 7.48. The molecule has 1 aromatic heterocycles. The summed E-state index contributed by atoms with van der Waals surface area (Å²) in [5.41, 5.74) is 11.7. The summed E-state index contributed by atoms with van der Waals surface area (Å²) >= 11 is 4.37. The van der Waals surface area contributed by atoms with Crippen LogP contribution in [-0.4, -0.2) is 13.0 Å². The SMILES string of the molecule is COc1c(NCc2cc(Br)ccc2F)sc(C(N)=O)c1N. The Kier molecular flexibility index (Phi) is 4.69. The van der Waals surface area contributed by atoms with Gasteiger partial charge in [-0.25, -0.2) is 4.39 Å². The number of nitrogen functional groups attached to an aromatic ring is 1. The summed E-state index contributed by atoms with van der Waals surface area (Å²) < 4.78 is 19.6. The summed E-state index contributed by atoms with van der Waals surface area (Å²) in [5.74, 6) is -0.619. The molecule has 5 N–H and O–H groups in total. The maximum absolute atomic E-state index is 13.7. The molecule has 0 saturated carbocycles. The Balaban J connectivity index is 2.25. The lowest BCUT2D eigenvalue weighted by Crippen LogP contribution is -2.10. The number of ether oxygens (including phenoxy) is 1. The molecular formula is C13H13BrFN3O2S. The third-order valence-electron chi connectivity index (χ3n) is 2.77. The Labute approximate surface area is 133 Å². The predicted molar refractivity (Wildman–Crippen MR) is 85.2 cm³/mol. The summed E-state index contributed by atoms with van der Waals surface area (Å²) in [7, 11) is 1.44. The van der Waals surface area contributed by atoms with Gasteiger partial charge < -0.3 is 21.5 Å². The van der Waals surface area contributed by atoms with Crippen LogP contribution in [0.5, 0.6) is 5.75 Å². The number of methoxy groups -OCH3 is 1. The fourth-order valence-electron chi connectivity index (χ4n) is 1.79. The monoisotopic (exact) mass is 373 g/mol. The number of amides is 1. The second-order valence-corrected chi connectivity index (χ2v) is 6.10. The quantitative estimate of drug-likeness (QED) is 0.751. The lowest BCUT2D eigenvalue weighted by Gasteiger charge is -2.08. The molecule has 8 heteroatoms. The molecule has 2 rings (SSSR count). The third-order valence-corrected chi connectivity index (χ3v) is 4.43. The van der Waals surface area contributed by atoms with Crippen LogP contribution in [0.25, 0.3) is 0 Å². The number of hydrogen-bond donors (Lipinski definition) is 3. The first kappa shape index (κ1) is 15.6. The highest BCUT2D eigenvalue weighted by Gasteiger charge is 2.20. The zero-order chi connectivity index (χ0) is 15.6. The number of thiophene rings is 1. The molecule has 0 aliphatic heterocycles. The molecule has 0 saturated heterocycles. The van der Waals surface area contributed by atoms with Crippen molar-refractivity contribution in [2.24, 2.45) is 5.73 Å². The van der Waals surface area contributed by atoms with Gasteiger partial charge in [0.25, 0.3) is 5.91 Å². The van der Waals surface area contributed by atoms with Crippen LogP contribution in [-0.2, 0) is 6.54 Å². The molecule has 0 atom stereocenters. The maximum atomic E-state index is 13.7. The van der Waals surface area contributed by atoms with E-state index in [1.807, 2.05) is 0 Å². The number of anilines is 2. The first-order valence-electron chi connectivity index (χ1n) is 5.88. The number of nitrogens with one attached hydrogen (secondary N) is 1. The van der Waals surface area contributed by atoms with Gasteiger partial charge in [0.15, 0.2) is 5.75 Å². The van der Waals surface area contributed by atoms with Gasteiger partial charge in [-0.15, -0.1) is 11.3 Å². The Bertz CT molecular complexity index is 690. The molecule has 0 spiro atoms. The Morgan fingerprint density at radius 1 is 1.52 bits per heavy atom. The number of nitrogens with two attached hydrogens (primary N) is 2. The van der Waals surface area contributed by atoms with Crippen LogP contribution >= 0.6 is 27.3 Å². The van der Waals surface area contributed by atoms with Crippen LogP contribution in [0.2, 0.25) is 0 Å². The van der Waals surface area contributed by atoms with Crippen LogP contribution in [0, 0.1) is 5.82 Å². The lowest BCUT2D eigenvalue weighted by atomic mass is 10.2. The summed E-state index contributed by atoms with van der Waals surface area (Å²) in [6.07, 6.45) is 0. The van der Waals surface area contributed by atoms with E-state index in [2.05, 4.69) is 21.2 Å².